The fourth-order valence-corrected chi connectivity index (χ4v) is 4.83. The van der Waals surface area contributed by atoms with Gasteiger partial charge in [-0.2, -0.15) is 0 Å². The van der Waals surface area contributed by atoms with Gasteiger partial charge in [-0.1, -0.05) is 18.2 Å². The molecule has 3 aromatic rings. The van der Waals surface area contributed by atoms with Gasteiger partial charge in [-0.3, -0.25) is 0 Å². The molecule has 26 heavy (non-hydrogen) atoms. The molecule has 4 rings (SSSR count). The van der Waals surface area contributed by atoms with E-state index in [9.17, 15) is 13.2 Å². The smallest absolute Gasteiger partial charge is 0.306 e. The van der Waals surface area contributed by atoms with Crippen LogP contribution in [0.1, 0.15) is 42.5 Å². The molecule has 0 bridgehead atoms. The Kier molecular flexibility index (Phi) is 4.20. The highest BCUT2D eigenvalue weighted by Gasteiger charge is 2.20. The second-order valence-corrected chi connectivity index (χ2v) is 8.58. The molecule has 0 saturated heterocycles. The van der Waals surface area contributed by atoms with Crippen LogP contribution < -0.4 is 10.4 Å². The molecule has 0 fully saturated rings. The largest absolute Gasteiger partial charge is 0.323 e. The Balaban J connectivity index is 1.60. The van der Waals surface area contributed by atoms with Crippen LogP contribution in [0, 0.1) is 0 Å². The van der Waals surface area contributed by atoms with Crippen LogP contribution in [-0.2, 0) is 22.9 Å². The van der Waals surface area contributed by atoms with Crippen molar-refractivity contribution in [2.75, 3.05) is 0 Å². The van der Waals surface area contributed by atoms with Gasteiger partial charge in [0.05, 0.1) is 15.9 Å². The molecule has 0 spiro atoms. The number of aromatic nitrogens is 2. The molecule has 0 radical (unpaired) electrons. The van der Waals surface area contributed by atoms with Crippen molar-refractivity contribution < 1.29 is 8.42 Å². The number of hydrogen-bond donors (Lipinski definition) is 3. The lowest BCUT2D eigenvalue weighted by molar-refractivity contribution is 0.566. The molecule has 7 heteroatoms. The molecular weight excluding hydrogens is 350 g/mol. The average molecular weight is 371 g/mol. The van der Waals surface area contributed by atoms with Crippen molar-refractivity contribution in [3.63, 3.8) is 0 Å². The monoisotopic (exact) mass is 371 g/mol. The number of aryl methyl sites for hydroxylation is 2. The van der Waals surface area contributed by atoms with E-state index in [1.54, 1.807) is 6.07 Å². The number of aromatic amines is 2. The SMILES string of the molecule is C[C@@H](NS(=O)(=O)c1ccc2[nH]c(=O)[nH]c2c1)c1ccc2c(c1)CCCC2. The van der Waals surface area contributed by atoms with Crippen LogP contribution in [0.3, 0.4) is 0 Å². The summed E-state index contributed by atoms with van der Waals surface area (Å²) in [4.78, 5) is 16.7. The summed E-state index contributed by atoms with van der Waals surface area (Å²) in [6.07, 6.45) is 4.56. The Morgan fingerprint density at radius 2 is 1.69 bits per heavy atom. The van der Waals surface area contributed by atoms with E-state index in [2.05, 4.69) is 26.8 Å². The van der Waals surface area contributed by atoms with Crippen molar-refractivity contribution in [1.29, 1.82) is 0 Å². The summed E-state index contributed by atoms with van der Waals surface area (Å²) in [7, 11) is -3.70. The van der Waals surface area contributed by atoms with Gasteiger partial charge in [0.15, 0.2) is 0 Å². The summed E-state index contributed by atoms with van der Waals surface area (Å²) in [5.41, 5.74) is 4.36. The van der Waals surface area contributed by atoms with Gasteiger partial charge in [0.1, 0.15) is 0 Å². The molecule has 0 saturated carbocycles. The Morgan fingerprint density at radius 3 is 2.50 bits per heavy atom. The second kappa shape index (κ2) is 6.41. The zero-order valence-electron chi connectivity index (χ0n) is 14.5. The Labute approximate surface area is 151 Å². The highest BCUT2D eigenvalue weighted by molar-refractivity contribution is 7.89. The van der Waals surface area contributed by atoms with Crippen molar-refractivity contribution in [3.05, 3.63) is 63.6 Å². The number of imidazole rings is 1. The van der Waals surface area contributed by atoms with E-state index in [0.29, 0.717) is 11.0 Å². The average Bonchev–Trinajstić information content (AvgIpc) is 3.00. The molecule has 1 aliphatic carbocycles. The van der Waals surface area contributed by atoms with Gasteiger partial charge in [0.25, 0.3) is 0 Å². The first-order valence-corrected chi connectivity index (χ1v) is 10.3. The van der Waals surface area contributed by atoms with Crippen molar-refractivity contribution in [2.45, 2.75) is 43.5 Å². The summed E-state index contributed by atoms with van der Waals surface area (Å²) in [6, 6.07) is 10.5. The molecule has 1 heterocycles. The predicted molar refractivity (Wildman–Crippen MR) is 101 cm³/mol. The van der Waals surface area contributed by atoms with Crippen LogP contribution in [0.4, 0.5) is 0 Å². The number of H-pyrrole nitrogens is 2. The number of hydrogen-bond acceptors (Lipinski definition) is 3. The lowest BCUT2D eigenvalue weighted by Gasteiger charge is -2.20. The molecule has 136 valence electrons. The molecule has 3 N–H and O–H groups in total. The first-order chi connectivity index (χ1) is 12.4. The third-order valence-electron chi connectivity index (χ3n) is 5.00. The van der Waals surface area contributed by atoms with Gasteiger partial charge in [-0.15, -0.1) is 0 Å². The third kappa shape index (κ3) is 3.20. The van der Waals surface area contributed by atoms with Crippen molar-refractivity contribution in [1.82, 2.24) is 14.7 Å². The van der Waals surface area contributed by atoms with Crippen LogP contribution in [-0.4, -0.2) is 18.4 Å². The van der Waals surface area contributed by atoms with Crippen LogP contribution in [0.2, 0.25) is 0 Å². The lowest BCUT2D eigenvalue weighted by Crippen LogP contribution is -2.27. The first kappa shape index (κ1) is 17.1. The normalized spacial score (nSPS) is 15.7. The predicted octanol–water partition coefficient (Wildman–Crippen LogP) is 2.77. The molecule has 0 unspecified atom stereocenters. The van der Waals surface area contributed by atoms with E-state index < -0.39 is 10.0 Å². The first-order valence-electron chi connectivity index (χ1n) is 8.78. The van der Waals surface area contributed by atoms with E-state index in [0.717, 1.165) is 18.4 Å². The van der Waals surface area contributed by atoms with Crippen molar-refractivity contribution >= 4 is 21.1 Å². The summed E-state index contributed by atoms with van der Waals surface area (Å²) >= 11 is 0. The molecule has 6 nitrogen and oxygen atoms in total. The lowest BCUT2D eigenvalue weighted by atomic mass is 9.89. The number of sulfonamides is 1. The van der Waals surface area contributed by atoms with Gasteiger partial charge in [0, 0.05) is 6.04 Å². The highest BCUT2D eigenvalue weighted by Crippen LogP contribution is 2.26. The standard InChI is InChI=1S/C19H21N3O3S/c1-12(14-7-6-13-4-2-3-5-15(13)10-14)22-26(24,25)16-8-9-17-18(11-16)21-19(23)20-17/h6-12,22H,2-5H2,1H3,(H2,20,21,23)/t12-/m1/s1. The van der Waals surface area contributed by atoms with E-state index in [-0.39, 0.29) is 16.6 Å². The third-order valence-corrected chi connectivity index (χ3v) is 6.54. The van der Waals surface area contributed by atoms with Gasteiger partial charge < -0.3 is 9.97 Å². The molecule has 1 aliphatic rings. The number of benzene rings is 2. The minimum atomic E-state index is -3.70. The summed E-state index contributed by atoms with van der Waals surface area (Å²) < 4.78 is 28.2. The van der Waals surface area contributed by atoms with Crippen LogP contribution in [0.5, 0.6) is 0 Å². The molecule has 1 aromatic heterocycles. The minimum Gasteiger partial charge on any atom is -0.306 e. The minimum absolute atomic E-state index is 0.130. The fraction of sp³-hybridized carbons (Fsp3) is 0.316. The topological polar surface area (TPSA) is 94.8 Å². The molecule has 0 aliphatic heterocycles. The van der Waals surface area contributed by atoms with Crippen LogP contribution in [0.15, 0.2) is 46.1 Å². The summed E-state index contributed by atoms with van der Waals surface area (Å²) in [5.74, 6) is 0. The van der Waals surface area contributed by atoms with Gasteiger partial charge >= 0.3 is 5.69 Å². The van der Waals surface area contributed by atoms with Gasteiger partial charge in [0.2, 0.25) is 10.0 Å². The van der Waals surface area contributed by atoms with E-state index in [1.807, 2.05) is 13.0 Å². The molecular formula is C19H21N3O3S. The van der Waals surface area contributed by atoms with Gasteiger partial charge in [-0.25, -0.2) is 17.9 Å². The molecule has 2 aromatic carbocycles. The maximum atomic E-state index is 12.7. The maximum absolute atomic E-state index is 12.7. The van der Waals surface area contributed by atoms with E-state index in [4.69, 9.17) is 0 Å². The summed E-state index contributed by atoms with van der Waals surface area (Å²) in [5, 5.41) is 0. The quantitative estimate of drug-likeness (QED) is 0.658. The van der Waals surface area contributed by atoms with Crippen LogP contribution >= 0.6 is 0 Å². The molecule has 1 atom stereocenters. The zero-order valence-corrected chi connectivity index (χ0v) is 15.3. The van der Waals surface area contributed by atoms with Crippen molar-refractivity contribution in [3.8, 4) is 0 Å². The van der Waals surface area contributed by atoms with Gasteiger partial charge in [-0.05, 0) is 67.5 Å². The maximum Gasteiger partial charge on any atom is 0.323 e. The van der Waals surface area contributed by atoms with E-state index >= 15 is 0 Å². The number of fused-ring (bicyclic) bond motifs is 2. The highest BCUT2D eigenvalue weighted by atomic mass is 32.2. The van der Waals surface area contributed by atoms with Crippen molar-refractivity contribution in [2.24, 2.45) is 0 Å². The number of nitrogens with one attached hydrogen (secondary N) is 3. The Bertz CT molecular complexity index is 1130. The second-order valence-electron chi connectivity index (χ2n) is 6.86. The Morgan fingerprint density at radius 1 is 0.962 bits per heavy atom. The number of rotatable bonds is 4. The molecule has 0 amide bonds. The van der Waals surface area contributed by atoms with Crippen LogP contribution in [0.25, 0.3) is 11.0 Å². The van der Waals surface area contributed by atoms with E-state index in [1.165, 1.54) is 36.1 Å². The Hall–Kier alpha value is -2.38. The fourth-order valence-electron chi connectivity index (χ4n) is 3.57. The summed E-state index contributed by atoms with van der Waals surface area (Å²) in [6.45, 7) is 1.85. The zero-order chi connectivity index (χ0) is 18.3.